The fourth-order valence-electron chi connectivity index (χ4n) is 1.46. The number of ketones is 1. The molecule has 2 rings (SSSR count). The lowest BCUT2D eigenvalue weighted by atomic mass is 10.4. The SMILES string of the molecule is CC(=O)CNc1cnc2c(ccn2S(C)(=O)=O)n1. The van der Waals surface area contributed by atoms with E-state index in [1.807, 2.05) is 0 Å². The second-order valence-corrected chi connectivity index (χ2v) is 5.75. The molecule has 2 aromatic rings. The van der Waals surface area contributed by atoms with Crippen molar-refractivity contribution in [1.82, 2.24) is 13.9 Å². The Labute approximate surface area is 104 Å². The lowest BCUT2D eigenvalue weighted by Gasteiger charge is -2.03. The highest BCUT2D eigenvalue weighted by Crippen LogP contribution is 2.14. The van der Waals surface area contributed by atoms with Gasteiger partial charge in [0.15, 0.2) is 5.65 Å². The number of hydrogen-bond donors (Lipinski definition) is 1. The monoisotopic (exact) mass is 268 g/mol. The van der Waals surface area contributed by atoms with Crippen LogP contribution in [0.25, 0.3) is 11.2 Å². The minimum atomic E-state index is -3.39. The topological polar surface area (TPSA) is 94.0 Å². The van der Waals surface area contributed by atoms with E-state index < -0.39 is 10.0 Å². The van der Waals surface area contributed by atoms with Gasteiger partial charge in [0.05, 0.1) is 19.0 Å². The Balaban J connectivity index is 2.40. The molecule has 0 aliphatic heterocycles. The summed E-state index contributed by atoms with van der Waals surface area (Å²) in [6.45, 7) is 1.62. The van der Waals surface area contributed by atoms with E-state index in [-0.39, 0.29) is 18.0 Å². The molecule has 0 atom stereocenters. The normalized spacial score (nSPS) is 11.7. The molecule has 18 heavy (non-hydrogen) atoms. The first kappa shape index (κ1) is 12.5. The summed E-state index contributed by atoms with van der Waals surface area (Å²) in [5, 5.41) is 2.80. The van der Waals surface area contributed by atoms with Crippen LogP contribution in [0, 0.1) is 0 Å². The van der Waals surface area contributed by atoms with E-state index in [9.17, 15) is 13.2 Å². The number of hydrogen-bond acceptors (Lipinski definition) is 6. The predicted octanol–water partition coefficient (Wildman–Crippen LogP) is 0.240. The molecular formula is C10H12N4O3S. The summed E-state index contributed by atoms with van der Waals surface area (Å²) >= 11 is 0. The number of Topliss-reactive ketones (excluding diaryl/α,β-unsaturated/α-hetero) is 1. The van der Waals surface area contributed by atoms with Crippen molar-refractivity contribution >= 4 is 32.8 Å². The van der Waals surface area contributed by atoms with E-state index in [0.29, 0.717) is 11.3 Å². The fraction of sp³-hybridized carbons (Fsp3) is 0.300. The van der Waals surface area contributed by atoms with Crippen LogP contribution in [-0.2, 0) is 14.8 Å². The van der Waals surface area contributed by atoms with Gasteiger partial charge in [-0.2, -0.15) is 0 Å². The van der Waals surface area contributed by atoms with Gasteiger partial charge in [0, 0.05) is 6.20 Å². The number of fused-ring (bicyclic) bond motifs is 1. The molecule has 8 heteroatoms. The minimum Gasteiger partial charge on any atom is -0.362 e. The standard InChI is InChI=1S/C10H12N4O3S/c1-7(15)5-11-9-6-12-10-8(13-9)3-4-14(10)18(2,16)17/h3-4,6H,5H2,1-2H3,(H,11,13). The van der Waals surface area contributed by atoms with Crippen molar-refractivity contribution in [3.8, 4) is 0 Å². The first-order valence-corrected chi connectivity index (χ1v) is 7.01. The molecule has 2 aromatic heterocycles. The number of aromatic nitrogens is 3. The average molecular weight is 268 g/mol. The van der Waals surface area contributed by atoms with E-state index in [0.717, 1.165) is 10.2 Å². The first-order chi connectivity index (χ1) is 8.38. The van der Waals surface area contributed by atoms with Gasteiger partial charge in [-0.15, -0.1) is 0 Å². The zero-order chi connectivity index (χ0) is 13.3. The highest BCUT2D eigenvalue weighted by molar-refractivity contribution is 7.89. The molecule has 0 aliphatic carbocycles. The molecule has 0 saturated carbocycles. The van der Waals surface area contributed by atoms with Gasteiger partial charge in [0.1, 0.15) is 17.1 Å². The molecule has 0 amide bonds. The molecular weight excluding hydrogens is 256 g/mol. The fourth-order valence-corrected chi connectivity index (χ4v) is 2.19. The maximum absolute atomic E-state index is 11.4. The van der Waals surface area contributed by atoms with E-state index in [1.54, 1.807) is 6.07 Å². The predicted molar refractivity (Wildman–Crippen MR) is 66.9 cm³/mol. The second kappa shape index (κ2) is 4.37. The number of anilines is 1. The van der Waals surface area contributed by atoms with Gasteiger partial charge < -0.3 is 5.32 Å². The van der Waals surface area contributed by atoms with Gasteiger partial charge in [-0.3, -0.25) is 4.79 Å². The number of nitrogens with one attached hydrogen (secondary N) is 1. The maximum atomic E-state index is 11.4. The summed E-state index contributed by atoms with van der Waals surface area (Å²) in [7, 11) is -3.39. The smallest absolute Gasteiger partial charge is 0.237 e. The maximum Gasteiger partial charge on any atom is 0.237 e. The molecule has 0 unspecified atom stereocenters. The lowest BCUT2D eigenvalue weighted by Crippen LogP contribution is -2.12. The quantitative estimate of drug-likeness (QED) is 0.853. The van der Waals surface area contributed by atoms with Gasteiger partial charge >= 0.3 is 0 Å². The Morgan fingerprint density at radius 1 is 1.50 bits per heavy atom. The van der Waals surface area contributed by atoms with Crippen LogP contribution in [0.4, 0.5) is 5.82 Å². The van der Waals surface area contributed by atoms with Gasteiger partial charge in [-0.05, 0) is 13.0 Å². The van der Waals surface area contributed by atoms with Crippen LogP contribution in [0.3, 0.4) is 0 Å². The molecule has 0 fully saturated rings. The highest BCUT2D eigenvalue weighted by Gasteiger charge is 2.12. The summed E-state index contributed by atoms with van der Waals surface area (Å²) in [6, 6.07) is 1.56. The molecule has 96 valence electrons. The van der Waals surface area contributed by atoms with Gasteiger partial charge in [0.25, 0.3) is 0 Å². The van der Waals surface area contributed by atoms with E-state index >= 15 is 0 Å². The summed E-state index contributed by atoms with van der Waals surface area (Å²) in [4.78, 5) is 19.0. The summed E-state index contributed by atoms with van der Waals surface area (Å²) in [5.74, 6) is 0.412. The van der Waals surface area contributed by atoms with Gasteiger partial charge in [-0.25, -0.2) is 22.4 Å². The zero-order valence-electron chi connectivity index (χ0n) is 9.91. The Morgan fingerprint density at radius 2 is 2.22 bits per heavy atom. The molecule has 7 nitrogen and oxygen atoms in total. The van der Waals surface area contributed by atoms with E-state index in [4.69, 9.17) is 0 Å². The number of carbonyl (C=O) groups is 1. The lowest BCUT2D eigenvalue weighted by molar-refractivity contribution is -0.115. The average Bonchev–Trinajstić information content (AvgIpc) is 2.68. The minimum absolute atomic E-state index is 0.0226. The van der Waals surface area contributed by atoms with Crippen molar-refractivity contribution < 1.29 is 13.2 Å². The van der Waals surface area contributed by atoms with Crippen molar-refractivity contribution in [3.63, 3.8) is 0 Å². The first-order valence-electron chi connectivity index (χ1n) is 5.16. The Morgan fingerprint density at radius 3 is 2.83 bits per heavy atom. The van der Waals surface area contributed by atoms with Crippen LogP contribution in [0.1, 0.15) is 6.92 Å². The van der Waals surface area contributed by atoms with Crippen molar-refractivity contribution in [1.29, 1.82) is 0 Å². The van der Waals surface area contributed by atoms with Crippen molar-refractivity contribution in [2.24, 2.45) is 0 Å². The third-order valence-electron chi connectivity index (χ3n) is 2.23. The third kappa shape index (κ3) is 2.48. The highest BCUT2D eigenvalue weighted by atomic mass is 32.2. The number of carbonyl (C=O) groups excluding carboxylic acids is 1. The molecule has 0 aliphatic rings. The molecule has 0 bridgehead atoms. The van der Waals surface area contributed by atoms with Crippen LogP contribution in [-0.4, -0.2) is 40.9 Å². The van der Waals surface area contributed by atoms with Crippen LogP contribution in [0.2, 0.25) is 0 Å². The largest absolute Gasteiger partial charge is 0.362 e. The van der Waals surface area contributed by atoms with Gasteiger partial charge in [-0.1, -0.05) is 0 Å². The number of nitrogens with zero attached hydrogens (tertiary/aromatic N) is 3. The Kier molecular flexibility index (Phi) is 3.04. The third-order valence-corrected chi connectivity index (χ3v) is 3.24. The molecule has 0 spiro atoms. The zero-order valence-corrected chi connectivity index (χ0v) is 10.7. The van der Waals surface area contributed by atoms with Crippen molar-refractivity contribution in [2.45, 2.75) is 6.92 Å². The molecule has 0 saturated heterocycles. The molecule has 0 aromatic carbocycles. The van der Waals surface area contributed by atoms with Crippen LogP contribution in [0.5, 0.6) is 0 Å². The summed E-state index contributed by atoms with van der Waals surface area (Å²) < 4.78 is 23.9. The van der Waals surface area contributed by atoms with Crippen LogP contribution < -0.4 is 5.32 Å². The molecule has 1 N–H and O–H groups in total. The summed E-state index contributed by atoms with van der Waals surface area (Å²) in [6.07, 6.45) is 3.89. The summed E-state index contributed by atoms with van der Waals surface area (Å²) in [5.41, 5.74) is 0.722. The number of rotatable bonds is 4. The van der Waals surface area contributed by atoms with E-state index in [1.165, 1.54) is 19.3 Å². The Bertz CT molecular complexity index is 705. The van der Waals surface area contributed by atoms with Crippen molar-refractivity contribution in [2.75, 3.05) is 18.1 Å². The van der Waals surface area contributed by atoms with Crippen molar-refractivity contribution in [3.05, 3.63) is 18.5 Å². The van der Waals surface area contributed by atoms with Crippen LogP contribution >= 0.6 is 0 Å². The van der Waals surface area contributed by atoms with Gasteiger partial charge in [0.2, 0.25) is 10.0 Å². The van der Waals surface area contributed by atoms with Crippen LogP contribution in [0.15, 0.2) is 18.5 Å². The molecule has 0 radical (unpaired) electrons. The molecule has 2 heterocycles. The second-order valence-electron chi connectivity index (χ2n) is 3.89. The Hall–Kier alpha value is -1.96. The van der Waals surface area contributed by atoms with E-state index in [2.05, 4.69) is 15.3 Å².